The van der Waals surface area contributed by atoms with E-state index in [0.717, 1.165) is 44.3 Å². The molecule has 0 aliphatic heterocycles. The van der Waals surface area contributed by atoms with Crippen LogP contribution in [0.3, 0.4) is 0 Å². The summed E-state index contributed by atoms with van der Waals surface area (Å²) in [7, 11) is 0. The minimum absolute atomic E-state index is 0.870. The second kappa shape index (κ2) is 6.53. The molecule has 0 aliphatic rings. The molecule has 0 N–H and O–H groups in total. The van der Waals surface area contributed by atoms with Crippen molar-refractivity contribution in [3.05, 3.63) is 103 Å². The Kier molecular flexibility index (Phi) is 3.39. The minimum Gasteiger partial charge on any atom is -0.439 e. The molecule has 0 saturated carbocycles. The summed E-state index contributed by atoms with van der Waals surface area (Å²) in [5, 5.41) is 12.1. The van der Waals surface area contributed by atoms with Crippen LogP contribution in [0, 0.1) is 0 Å². The van der Waals surface area contributed by atoms with Crippen LogP contribution >= 0.6 is 11.3 Å². The van der Waals surface area contributed by atoms with Crippen molar-refractivity contribution < 1.29 is 4.42 Å². The van der Waals surface area contributed by atoms with E-state index in [1.54, 1.807) is 0 Å². The number of benzene rings is 4. The topological polar surface area (TPSA) is 35.4 Å². The highest BCUT2D eigenvalue weighted by Gasteiger charge is 2.24. The fraction of sp³-hybridized carbons (Fsp3) is 0. The van der Waals surface area contributed by atoms with E-state index in [2.05, 4.69) is 89.5 Å². The SMILES string of the molecule is c1ccc2c(c1)nn1cccc(-n3c4ccc5c6ccccc6sc5c4c4c5ccccc5oc43)c21. The number of hydrogen-bond donors (Lipinski definition) is 0. The fourth-order valence-electron chi connectivity index (χ4n) is 5.88. The van der Waals surface area contributed by atoms with Gasteiger partial charge in [-0.2, -0.15) is 5.10 Å². The van der Waals surface area contributed by atoms with Gasteiger partial charge < -0.3 is 4.42 Å². The van der Waals surface area contributed by atoms with E-state index >= 15 is 0 Å². The van der Waals surface area contributed by atoms with E-state index in [1.807, 2.05) is 34.2 Å². The standard InChI is InChI=1S/C31H17N3OS/c1-4-11-22-20(9-1)29-24(12-7-17-33(29)32-22)34-23-16-15-19-18-8-3-6-14-26(18)36-30(19)28(23)27-21-10-2-5-13-25(21)35-31(27)34/h1-17H. The molecule has 168 valence electrons. The van der Waals surface area contributed by atoms with Crippen LogP contribution in [0.25, 0.3) is 75.3 Å². The van der Waals surface area contributed by atoms with Crippen molar-refractivity contribution >= 4 is 80.9 Å². The molecular weight excluding hydrogens is 462 g/mol. The van der Waals surface area contributed by atoms with Gasteiger partial charge in [-0.25, -0.2) is 4.52 Å². The molecule has 5 aromatic heterocycles. The molecular formula is C31H17N3OS. The summed E-state index contributed by atoms with van der Waals surface area (Å²) in [5.41, 5.74) is 6.03. The van der Waals surface area contributed by atoms with Crippen molar-refractivity contribution in [2.45, 2.75) is 0 Å². The van der Waals surface area contributed by atoms with Gasteiger partial charge in [0.05, 0.1) is 27.6 Å². The Bertz CT molecular complexity index is 2330. The summed E-state index contributed by atoms with van der Waals surface area (Å²) in [6, 6.07) is 34.1. The zero-order valence-electron chi connectivity index (χ0n) is 19.0. The van der Waals surface area contributed by atoms with E-state index in [9.17, 15) is 0 Å². The Hall–Kier alpha value is -4.61. The number of rotatable bonds is 1. The van der Waals surface area contributed by atoms with Gasteiger partial charge in [-0.05, 0) is 36.4 Å². The first-order valence-corrected chi connectivity index (χ1v) is 12.8. The van der Waals surface area contributed by atoms with Crippen molar-refractivity contribution in [3.63, 3.8) is 0 Å². The normalized spacial score (nSPS) is 12.4. The van der Waals surface area contributed by atoms with Crippen LogP contribution in [0.1, 0.15) is 0 Å². The molecule has 9 rings (SSSR count). The van der Waals surface area contributed by atoms with Gasteiger partial charge in [0.2, 0.25) is 5.71 Å². The van der Waals surface area contributed by atoms with Crippen molar-refractivity contribution in [1.29, 1.82) is 0 Å². The summed E-state index contributed by atoms with van der Waals surface area (Å²) >= 11 is 1.86. The second-order valence-corrected chi connectivity index (χ2v) is 10.3. The molecule has 0 bridgehead atoms. The average Bonchev–Trinajstić information content (AvgIpc) is 3.65. The van der Waals surface area contributed by atoms with E-state index in [-0.39, 0.29) is 0 Å². The number of pyridine rings is 1. The van der Waals surface area contributed by atoms with Crippen LogP contribution in [0.5, 0.6) is 0 Å². The Labute approximate surface area is 208 Å². The molecule has 0 aliphatic carbocycles. The van der Waals surface area contributed by atoms with Gasteiger partial charge in [0.25, 0.3) is 0 Å². The van der Waals surface area contributed by atoms with Crippen LogP contribution in [-0.2, 0) is 0 Å². The monoisotopic (exact) mass is 479 g/mol. The van der Waals surface area contributed by atoms with Gasteiger partial charge in [0, 0.05) is 42.5 Å². The van der Waals surface area contributed by atoms with Crippen LogP contribution in [0.15, 0.2) is 108 Å². The predicted molar refractivity (Wildman–Crippen MR) is 150 cm³/mol. The molecule has 4 nitrogen and oxygen atoms in total. The number of nitrogens with zero attached hydrogens (tertiary/aromatic N) is 3. The Morgan fingerprint density at radius 3 is 2.42 bits per heavy atom. The Morgan fingerprint density at radius 2 is 1.47 bits per heavy atom. The Morgan fingerprint density at radius 1 is 0.667 bits per heavy atom. The van der Waals surface area contributed by atoms with Gasteiger partial charge in [0.15, 0.2) is 0 Å². The largest absolute Gasteiger partial charge is 0.439 e. The first-order valence-electron chi connectivity index (χ1n) is 12.0. The average molecular weight is 480 g/mol. The minimum atomic E-state index is 0.870. The van der Waals surface area contributed by atoms with Crippen LogP contribution in [-0.4, -0.2) is 14.2 Å². The lowest BCUT2D eigenvalue weighted by molar-refractivity contribution is 0.645. The molecule has 0 fully saturated rings. The molecule has 36 heavy (non-hydrogen) atoms. The second-order valence-electron chi connectivity index (χ2n) is 9.25. The lowest BCUT2D eigenvalue weighted by Gasteiger charge is -2.09. The smallest absolute Gasteiger partial charge is 0.213 e. The highest BCUT2D eigenvalue weighted by atomic mass is 32.1. The van der Waals surface area contributed by atoms with Crippen LogP contribution < -0.4 is 0 Å². The van der Waals surface area contributed by atoms with Gasteiger partial charge in [0.1, 0.15) is 5.58 Å². The van der Waals surface area contributed by atoms with Crippen molar-refractivity contribution in [2.24, 2.45) is 0 Å². The van der Waals surface area contributed by atoms with Gasteiger partial charge in [-0.3, -0.25) is 4.57 Å². The highest BCUT2D eigenvalue weighted by Crippen LogP contribution is 2.46. The maximum atomic E-state index is 6.62. The van der Waals surface area contributed by atoms with Crippen LogP contribution in [0.4, 0.5) is 0 Å². The molecule has 5 heterocycles. The number of aromatic nitrogens is 3. The molecule has 5 heteroatoms. The number of para-hydroxylation sites is 1. The molecule has 4 aromatic carbocycles. The zero-order chi connectivity index (χ0) is 23.4. The third kappa shape index (κ3) is 2.22. The van der Waals surface area contributed by atoms with E-state index in [4.69, 9.17) is 9.52 Å². The molecule has 9 aromatic rings. The van der Waals surface area contributed by atoms with Gasteiger partial charge in [-0.1, -0.05) is 60.7 Å². The van der Waals surface area contributed by atoms with Gasteiger partial charge >= 0.3 is 0 Å². The first-order chi connectivity index (χ1) is 17.9. The van der Waals surface area contributed by atoms with E-state index in [1.165, 1.54) is 30.9 Å². The highest BCUT2D eigenvalue weighted by molar-refractivity contribution is 7.26. The summed E-state index contributed by atoms with van der Waals surface area (Å²) in [4.78, 5) is 0. The van der Waals surface area contributed by atoms with E-state index in [0.29, 0.717) is 0 Å². The third-order valence-electron chi connectivity index (χ3n) is 7.36. The molecule has 0 saturated heterocycles. The summed E-state index contributed by atoms with van der Waals surface area (Å²) in [6.07, 6.45) is 2.02. The quantitative estimate of drug-likeness (QED) is 0.236. The maximum absolute atomic E-state index is 6.62. The van der Waals surface area contributed by atoms with Gasteiger partial charge in [-0.15, -0.1) is 11.3 Å². The van der Waals surface area contributed by atoms with E-state index < -0.39 is 0 Å². The predicted octanol–water partition coefficient (Wildman–Crippen LogP) is 8.70. The number of fused-ring (bicyclic) bond motifs is 12. The summed E-state index contributed by atoms with van der Waals surface area (Å²) < 4.78 is 13.5. The molecule has 0 amide bonds. The van der Waals surface area contributed by atoms with Crippen molar-refractivity contribution in [3.8, 4) is 5.69 Å². The lowest BCUT2D eigenvalue weighted by Crippen LogP contribution is -1.97. The number of furan rings is 1. The Balaban J connectivity index is 1.56. The summed E-state index contributed by atoms with van der Waals surface area (Å²) in [5.74, 6) is 0. The van der Waals surface area contributed by atoms with Crippen LogP contribution in [0.2, 0.25) is 0 Å². The summed E-state index contributed by atoms with van der Waals surface area (Å²) in [6.45, 7) is 0. The third-order valence-corrected chi connectivity index (χ3v) is 8.57. The number of thiophene rings is 1. The zero-order valence-corrected chi connectivity index (χ0v) is 19.8. The number of hydrogen-bond acceptors (Lipinski definition) is 3. The molecule has 0 spiro atoms. The van der Waals surface area contributed by atoms with Crippen molar-refractivity contribution in [1.82, 2.24) is 14.2 Å². The molecule has 0 unspecified atom stereocenters. The maximum Gasteiger partial charge on any atom is 0.213 e. The van der Waals surface area contributed by atoms with Crippen molar-refractivity contribution in [2.75, 3.05) is 0 Å². The lowest BCUT2D eigenvalue weighted by atomic mass is 10.1. The first kappa shape index (κ1) is 18.7. The molecule has 0 atom stereocenters. The fourth-order valence-corrected chi connectivity index (χ4v) is 7.13. The molecule has 0 radical (unpaired) electrons.